The highest BCUT2D eigenvalue weighted by molar-refractivity contribution is 6.03. The van der Waals surface area contributed by atoms with Crippen LogP contribution in [0.3, 0.4) is 0 Å². The van der Waals surface area contributed by atoms with Crippen LogP contribution in [0.2, 0.25) is 0 Å². The first-order valence-corrected chi connectivity index (χ1v) is 10.2. The lowest BCUT2D eigenvalue weighted by Gasteiger charge is -2.10. The molecule has 156 valence electrons. The Hall–Kier alpha value is -3.88. The van der Waals surface area contributed by atoms with E-state index in [0.717, 1.165) is 41.4 Å². The molecule has 1 aliphatic rings. The molecule has 9 heteroatoms. The Morgan fingerprint density at radius 2 is 1.94 bits per heavy atom. The van der Waals surface area contributed by atoms with Gasteiger partial charge in [0.15, 0.2) is 5.82 Å². The highest BCUT2D eigenvalue weighted by Crippen LogP contribution is 2.38. The second kappa shape index (κ2) is 7.42. The maximum absolute atomic E-state index is 12.9. The van der Waals surface area contributed by atoms with Gasteiger partial charge in [-0.2, -0.15) is 5.10 Å². The van der Waals surface area contributed by atoms with E-state index in [1.165, 1.54) is 0 Å². The number of carbonyl (C=O) groups is 1. The van der Waals surface area contributed by atoms with Crippen LogP contribution in [0, 0.1) is 13.8 Å². The molecule has 0 saturated heterocycles. The number of carbonyl (C=O) groups excluding carboxylic acids is 1. The van der Waals surface area contributed by atoms with Gasteiger partial charge in [-0.25, -0.2) is 14.6 Å². The van der Waals surface area contributed by atoms with Crippen molar-refractivity contribution in [3.05, 3.63) is 65.6 Å². The molecule has 0 aliphatic heterocycles. The Morgan fingerprint density at radius 3 is 2.68 bits per heavy atom. The quantitative estimate of drug-likeness (QED) is 0.538. The fraction of sp³-hybridized carbons (Fsp3) is 0.273. The lowest BCUT2D eigenvalue weighted by atomic mass is 10.2. The van der Waals surface area contributed by atoms with Crippen molar-refractivity contribution in [3.63, 3.8) is 0 Å². The Kier molecular flexibility index (Phi) is 4.58. The highest BCUT2D eigenvalue weighted by Gasteiger charge is 2.27. The Labute approximate surface area is 179 Å². The van der Waals surface area contributed by atoms with Gasteiger partial charge < -0.3 is 9.88 Å². The summed E-state index contributed by atoms with van der Waals surface area (Å²) in [7, 11) is 1.89. The van der Waals surface area contributed by atoms with Crippen LogP contribution in [-0.4, -0.2) is 40.4 Å². The molecule has 0 unspecified atom stereocenters. The van der Waals surface area contributed by atoms with Crippen molar-refractivity contribution in [1.29, 1.82) is 0 Å². The lowest BCUT2D eigenvalue weighted by Crippen LogP contribution is -2.16. The fourth-order valence-corrected chi connectivity index (χ4v) is 3.51. The van der Waals surface area contributed by atoms with Gasteiger partial charge in [-0.1, -0.05) is 6.07 Å². The van der Waals surface area contributed by atoms with Crippen molar-refractivity contribution >= 4 is 11.6 Å². The summed E-state index contributed by atoms with van der Waals surface area (Å²) >= 11 is 0. The van der Waals surface area contributed by atoms with Gasteiger partial charge in [0.2, 0.25) is 0 Å². The minimum absolute atomic E-state index is 0.255. The van der Waals surface area contributed by atoms with E-state index in [2.05, 4.69) is 30.6 Å². The van der Waals surface area contributed by atoms with Gasteiger partial charge in [0, 0.05) is 24.3 Å². The lowest BCUT2D eigenvalue weighted by molar-refractivity contribution is 0.102. The molecule has 0 spiro atoms. The number of anilines is 1. The number of aromatic nitrogens is 7. The molecular weight excluding hydrogens is 392 g/mol. The summed E-state index contributed by atoms with van der Waals surface area (Å²) in [5, 5.41) is 15.7. The number of hydrogen-bond donors (Lipinski definition) is 1. The molecule has 0 atom stereocenters. The normalized spacial score (nSPS) is 13.4. The average Bonchev–Trinajstić information content (AvgIpc) is 3.41. The number of benzene rings is 1. The van der Waals surface area contributed by atoms with E-state index >= 15 is 0 Å². The molecular formula is C22H22N8O. The largest absolute Gasteiger partial charge is 0.321 e. The topological polar surface area (TPSA) is 103 Å². The summed E-state index contributed by atoms with van der Waals surface area (Å²) in [6.45, 7) is 3.82. The van der Waals surface area contributed by atoms with E-state index in [1.807, 2.05) is 55.8 Å². The summed E-state index contributed by atoms with van der Waals surface area (Å²) in [5.41, 5.74) is 4.33. The van der Waals surface area contributed by atoms with E-state index in [0.29, 0.717) is 23.1 Å². The van der Waals surface area contributed by atoms with Gasteiger partial charge in [-0.15, -0.1) is 10.2 Å². The fourth-order valence-electron chi connectivity index (χ4n) is 3.51. The number of nitrogens with one attached hydrogen (secondary N) is 1. The zero-order valence-electron chi connectivity index (χ0n) is 17.6. The predicted octanol–water partition coefficient (Wildman–Crippen LogP) is 3.20. The van der Waals surface area contributed by atoms with Crippen LogP contribution in [0.25, 0.3) is 17.2 Å². The monoisotopic (exact) mass is 414 g/mol. The maximum atomic E-state index is 12.9. The summed E-state index contributed by atoms with van der Waals surface area (Å²) in [6, 6.07) is 11.2. The molecule has 9 nitrogen and oxygen atoms in total. The van der Waals surface area contributed by atoms with Gasteiger partial charge in [-0.3, -0.25) is 4.79 Å². The molecule has 4 aromatic rings. The van der Waals surface area contributed by atoms with Gasteiger partial charge in [0.1, 0.15) is 23.5 Å². The van der Waals surface area contributed by atoms with Crippen LogP contribution in [0.5, 0.6) is 0 Å². The first-order valence-electron chi connectivity index (χ1n) is 10.2. The van der Waals surface area contributed by atoms with Crippen molar-refractivity contribution < 1.29 is 4.79 Å². The summed E-state index contributed by atoms with van der Waals surface area (Å²) in [6.07, 6.45) is 3.83. The van der Waals surface area contributed by atoms with Gasteiger partial charge in [0.25, 0.3) is 5.91 Å². The predicted molar refractivity (Wildman–Crippen MR) is 115 cm³/mol. The van der Waals surface area contributed by atoms with Crippen LogP contribution in [-0.2, 0) is 7.05 Å². The molecule has 0 bridgehead atoms. The van der Waals surface area contributed by atoms with Crippen molar-refractivity contribution in [3.8, 4) is 17.2 Å². The smallest absolute Gasteiger partial charge is 0.274 e. The number of aryl methyl sites for hydroxylation is 3. The first kappa shape index (κ1) is 19.1. The highest BCUT2D eigenvalue weighted by atomic mass is 16.1. The van der Waals surface area contributed by atoms with E-state index in [9.17, 15) is 4.79 Å². The Morgan fingerprint density at radius 1 is 1.10 bits per heavy atom. The molecule has 1 aliphatic carbocycles. The summed E-state index contributed by atoms with van der Waals surface area (Å²) < 4.78 is 3.64. The molecule has 5 rings (SSSR count). The van der Waals surface area contributed by atoms with E-state index < -0.39 is 0 Å². The molecule has 3 aromatic heterocycles. The third-order valence-corrected chi connectivity index (χ3v) is 5.17. The standard InChI is InChI=1S/C22H22N8O/c1-13-9-18(26-20(24-13)15-7-8-15)22(31)25-16-5-4-6-17(11-16)30-19(10-14(2)28-30)21-27-23-12-29(21)3/h4-6,9-12,15H,7-8H2,1-3H3,(H,25,31). The van der Waals surface area contributed by atoms with Gasteiger partial charge >= 0.3 is 0 Å². The third-order valence-electron chi connectivity index (χ3n) is 5.17. The van der Waals surface area contributed by atoms with Crippen molar-refractivity contribution in [2.24, 2.45) is 7.05 Å². The van der Waals surface area contributed by atoms with Gasteiger partial charge in [-0.05, 0) is 57.0 Å². The van der Waals surface area contributed by atoms with E-state index in [1.54, 1.807) is 17.1 Å². The molecule has 1 saturated carbocycles. The zero-order chi connectivity index (χ0) is 21.5. The van der Waals surface area contributed by atoms with Crippen LogP contribution in [0.1, 0.15) is 46.5 Å². The Bertz CT molecular complexity index is 1280. The van der Waals surface area contributed by atoms with Crippen molar-refractivity contribution in [1.82, 2.24) is 34.5 Å². The maximum Gasteiger partial charge on any atom is 0.274 e. The number of rotatable bonds is 5. The third kappa shape index (κ3) is 3.81. The zero-order valence-corrected chi connectivity index (χ0v) is 17.6. The molecule has 0 radical (unpaired) electrons. The average molecular weight is 414 g/mol. The van der Waals surface area contributed by atoms with E-state index in [4.69, 9.17) is 0 Å². The number of hydrogen-bond acceptors (Lipinski definition) is 6. The molecule has 1 fully saturated rings. The second-order valence-electron chi connectivity index (χ2n) is 7.88. The van der Waals surface area contributed by atoms with Gasteiger partial charge in [0.05, 0.1) is 11.4 Å². The molecule has 1 aromatic carbocycles. The molecule has 3 heterocycles. The van der Waals surface area contributed by atoms with Crippen molar-refractivity contribution in [2.75, 3.05) is 5.32 Å². The minimum Gasteiger partial charge on any atom is -0.321 e. The van der Waals surface area contributed by atoms with Crippen LogP contribution < -0.4 is 5.32 Å². The minimum atomic E-state index is -0.255. The van der Waals surface area contributed by atoms with Crippen LogP contribution in [0.15, 0.2) is 42.7 Å². The summed E-state index contributed by atoms with van der Waals surface area (Å²) in [5.74, 6) is 1.60. The molecule has 1 amide bonds. The summed E-state index contributed by atoms with van der Waals surface area (Å²) in [4.78, 5) is 21.8. The Balaban J connectivity index is 1.44. The SMILES string of the molecule is Cc1cc(C(=O)Nc2cccc(-n3nc(C)cc3-c3nncn3C)c2)nc(C2CC2)n1. The van der Waals surface area contributed by atoms with E-state index in [-0.39, 0.29) is 5.91 Å². The first-order chi connectivity index (χ1) is 15.0. The van der Waals surface area contributed by atoms with Crippen LogP contribution >= 0.6 is 0 Å². The van der Waals surface area contributed by atoms with Crippen LogP contribution in [0.4, 0.5) is 5.69 Å². The second-order valence-corrected chi connectivity index (χ2v) is 7.88. The van der Waals surface area contributed by atoms with Crippen molar-refractivity contribution in [2.45, 2.75) is 32.6 Å². The number of nitrogens with zero attached hydrogens (tertiary/aromatic N) is 7. The number of amides is 1. The molecule has 31 heavy (non-hydrogen) atoms. The molecule has 1 N–H and O–H groups in total.